The Morgan fingerprint density at radius 2 is 1.18 bits per heavy atom. The Kier molecular flexibility index (Phi) is 6.45. The monoisotopic (exact) mass is 491 g/mol. The second-order valence-electron chi connectivity index (χ2n) is 5.67. The van der Waals surface area contributed by atoms with Crippen LogP contribution in [0.1, 0.15) is 17.2 Å². The fourth-order valence-electron chi connectivity index (χ4n) is 2.48. The van der Waals surface area contributed by atoms with Crippen molar-refractivity contribution < 1.29 is 0 Å². The number of hydrogen-bond donors (Lipinski definition) is 0. The molecule has 0 aliphatic carbocycles. The second kappa shape index (κ2) is 8.35. The van der Waals surface area contributed by atoms with Crippen molar-refractivity contribution in [2.24, 2.45) is 0 Å². The van der Waals surface area contributed by atoms with Crippen LogP contribution >= 0.6 is 69.6 Å². The molecule has 28 heavy (non-hydrogen) atoms. The Morgan fingerprint density at radius 3 is 1.64 bits per heavy atom. The molecule has 0 aliphatic rings. The molecule has 3 nitrogen and oxygen atoms in total. The largest absolute Gasteiger partial charge is 0.250 e. The van der Waals surface area contributed by atoms with E-state index in [2.05, 4.69) is 21.5 Å². The van der Waals surface area contributed by atoms with Crippen molar-refractivity contribution in [1.82, 2.24) is 15.0 Å². The van der Waals surface area contributed by atoms with Gasteiger partial charge in [0.1, 0.15) is 0 Å². The van der Waals surface area contributed by atoms with Gasteiger partial charge in [-0.3, -0.25) is 0 Å². The Hall–Kier alpha value is -1.07. The minimum Gasteiger partial charge on any atom is -0.209 e. The summed E-state index contributed by atoms with van der Waals surface area (Å²) in [6.45, 7) is 3.76. The first-order chi connectivity index (χ1) is 13.1. The normalized spacial score (nSPS) is 12.1. The summed E-state index contributed by atoms with van der Waals surface area (Å²) in [6, 6.07) is 15.3. The molecule has 0 amide bonds. The van der Waals surface area contributed by atoms with Gasteiger partial charge in [0.2, 0.25) is 7.59 Å². The van der Waals surface area contributed by atoms with Crippen LogP contribution in [0.3, 0.4) is 0 Å². The minimum absolute atomic E-state index is 0.138. The van der Waals surface area contributed by atoms with Gasteiger partial charge in [0, 0.05) is 5.56 Å². The summed E-state index contributed by atoms with van der Waals surface area (Å²) in [5, 5.41) is 0. The third kappa shape index (κ3) is 4.91. The highest BCUT2D eigenvalue weighted by Gasteiger charge is 2.34. The van der Waals surface area contributed by atoms with Gasteiger partial charge in [0.05, 0.1) is 0 Å². The van der Waals surface area contributed by atoms with Gasteiger partial charge in [0.25, 0.3) is 0 Å². The van der Waals surface area contributed by atoms with E-state index in [0.717, 1.165) is 16.7 Å². The summed E-state index contributed by atoms with van der Waals surface area (Å²) < 4.78 is -3.83. The van der Waals surface area contributed by atoms with Crippen LogP contribution in [0.15, 0.2) is 55.1 Å². The van der Waals surface area contributed by atoms with E-state index < -0.39 is 7.59 Å². The van der Waals surface area contributed by atoms with Crippen molar-refractivity contribution in [2.75, 3.05) is 0 Å². The van der Waals surface area contributed by atoms with E-state index in [1.807, 2.05) is 48.5 Å². The molecule has 0 saturated heterocycles. The molecule has 1 heterocycles. The fourth-order valence-corrected chi connectivity index (χ4v) is 2.99. The van der Waals surface area contributed by atoms with E-state index in [-0.39, 0.29) is 17.5 Å². The third-order valence-electron chi connectivity index (χ3n) is 3.77. The molecule has 1 aromatic heterocycles. The highest BCUT2D eigenvalue weighted by Crippen LogP contribution is 2.41. The maximum atomic E-state index is 5.97. The maximum Gasteiger partial charge on any atom is 0.250 e. The van der Waals surface area contributed by atoms with Crippen LogP contribution < -0.4 is 0 Å². The summed E-state index contributed by atoms with van der Waals surface area (Å²) in [4.78, 5) is 12.6. The van der Waals surface area contributed by atoms with Crippen LogP contribution in [0.25, 0.3) is 28.6 Å². The Bertz CT molecular complexity index is 975. The average molecular weight is 494 g/mol. The first kappa shape index (κ1) is 21.6. The molecule has 0 spiro atoms. The SMILES string of the molecule is C=Cc1ccc(-c2ccccc2-c2nc(C(Cl)(Cl)Cl)nc(C(Cl)(Cl)Cl)n2)cc1. The van der Waals surface area contributed by atoms with E-state index in [1.165, 1.54) is 0 Å². The molecule has 0 saturated carbocycles. The number of alkyl halides is 6. The number of nitrogens with zero attached hydrogens (tertiary/aromatic N) is 3. The first-order valence-electron chi connectivity index (χ1n) is 7.82. The molecular weight excluding hydrogens is 483 g/mol. The van der Waals surface area contributed by atoms with Gasteiger partial charge in [-0.05, 0) is 16.7 Å². The van der Waals surface area contributed by atoms with Crippen molar-refractivity contribution in [3.8, 4) is 22.5 Å². The standard InChI is InChI=1S/C19H11Cl6N3/c1-2-11-7-9-12(10-8-11)13-5-3-4-6-14(13)15-26-16(18(20,21)22)28-17(27-15)19(23,24)25/h2-10H,1H2. The van der Waals surface area contributed by atoms with Gasteiger partial charge >= 0.3 is 0 Å². The zero-order valence-corrected chi connectivity index (χ0v) is 18.5. The lowest BCUT2D eigenvalue weighted by molar-refractivity contribution is 0.851. The predicted octanol–water partition coefficient (Wildman–Crippen LogP) is 7.50. The molecule has 0 aliphatic heterocycles. The smallest absolute Gasteiger partial charge is 0.209 e. The molecular formula is C19H11Cl6N3. The van der Waals surface area contributed by atoms with E-state index in [0.29, 0.717) is 5.56 Å². The summed E-state index contributed by atoms with van der Waals surface area (Å²) in [7, 11) is 0. The fraction of sp³-hybridized carbons (Fsp3) is 0.105. The van der Waals surface area contributed by atoms with E-state index in [4.69, 9.17) is 69.6 Å². The first-order valence-corrected chi connectivity index (χ1v) is 10.1. The quantitative estimate of drug-likeness (QED) is 0.354. The van der Waals surface area contributed by atoms with Crippen LogP contribution in [-0.2, 0) is 7.59 Å². The van der Waals surface area contributed by atoms with Gasteiger partial charge < -0.3 is 0 Å². The molecule has 0 N–H and O–H groups in total. The van der Waals surface area contributed by atoms with Gasteiger partial charge in [0.15, 0.2) is 17.5 Å². The second-order valence-corrected chi connectivity index (χ2v) is 10.2. The van der Waals surface area contributed by atoms with E-state index in [9.17, 15) is 0 Å². The average Bonchev–Trinajstić information content (AvgIpc) is 2.66. The highest BCUT2D eigenvalue weighted by atomic mass is 35.6. The van der Waals surface area contributed by atoms with Crippen LogP contribution in [0.2, 0.25) is 0 Å². The molecule has 3 rings (SSSR count). The van der Waals surface area contributed by atoms with Crippen LogP contribution in [-0.4, -0.2) is 15.0 Å². The Morgan fingerprint density at radius 1 is 0.679 bits per heavy atom. The van der Waals surface area contributed by atoms with Crippen LogP contribution in [0, 0.1) is 0 Å². The minimum atomic E-state index is -1.91. The van der Waals surface area contributed by atoms with Gasteiger partial charge in [-0.25, -0.2) is 15.0 Å². The van der Waals surface area contributed by atoms with Gasteiger partial charge in [-0.15, -0.1) is 0 Å². The number of rotatable bonds is 3. The van der Waals surface area contributed by atoms with Gasteiger partial charge in [-0.2, -0.15) is 0 Å². The summed E-state index contributed by atoms with van der Waals surface area (Å²) in [5.74, 6) is -0.0534. The molecule has 0 radical (unpaired) electrons. The van der Waals surface area contributed by atoms with Crippen molar-refractivity contribution in [2.45, 2.75) is 7.59 Å². The molecule has 0 atom stereocenters. The maximum absolute atomic E-state index is 5.97. The summed E-state index contributed by atoms with van der Waals surface area (Å²) >= 11 is 35.8. The molecule has 2 aromatic carbocycles. The lowest BCUT2D eigenvalue weighted by Gasteiger charge is -2.17. The molecule has 0 fully saturated rings. The lowest BCUT2D eigenvalue weighted by atomic mass is 9.98. The number of aromatic nitrogens is 3. The van der Waals surface area contributed by atoms with Crippen molar-refractivity contribution in [3.63, 3.8) is 0 Å². The van der Waals surface area contributed by atoms with E-state index >= 15 is 0 Å². The molecule has 144 valence electrons. The van der Waals surface area contributed by atoms with E-state index in [1.54, 1.807) is 6.08 Å². The van der Waals surface area contributed by atoms with Crippen molar-refractivity contribution >= 4 is 75.7 Å². The predicted molar refractivity (Wildman–Crippen MR) is 119 cm³/mol. The molecule has 3 aromatic rings. The number of benzene rings is 2. The van der Waals surface area contributed by atoms with Crippen LogP contribution in [0.5, 0.6) is 0 Å². The zero-order valence-electron chi connectivity index (χ0n) is 14.0. The molecule has 0 bridgehead atoms. The third-order valence-corrected chi connectivity index (χ3v) is 4.78. The topological polar surface area (TPSA) is 38.7 Å². The summed E-state index contributed by atoms with van der Waals surface area (Å²) in [5.41, 5.74) is 3.46. The molecule has 9 heteroatoms. The number of hydrogen-bond acceptors (Lipinski definition) is 3. The Labute approximate surface area is 192 Å². The van der Waals surface area contributed by atoms with Crippen LogP contribution in [0.4, 0.5) is 0 Å². The Balaban J connectivity index is 2.22. The van der Waals surface area contributed by atoms with Gasteiger partial charge in [-0.1, -0.05) is 131 Å². The lowest BCUT2D eigenvalue weighted by Crippen LogP contribution is -2.17. The number of halogens is 6. The molecule has 0 unspecified atom stereocenters. The summed E-state index contributed by atoms with van der Waals surface area (Å²) in [6.07, 6.45) is 1.77. The van der Waals surface area contributed by atoms with Crippen molar-refractivity contribution in [3.05, 3.63) is 72.3 Å². The zero-order chi connectivity index (χ0) is 20.5. The highest BCUT2D eigenvalue weighted by molar-refractivity contribution is 6.67. The van der Waals surface area contributed by atoms with Crippen molar-refractivity contribution in [1.29, 1.82) is 0 Å².